The summed E-state index contributed by atoms with van der Waals surface area (Å²) < 4.78 is 5.10. The summed E-state index contributed by atoms with van der Waals surface area (Å²) in [6, 6.07) is 7.75. The lowest BCUT2D eigenvalue weighted by atomic mass is 10.2. The van der Waals surface area contributed by atoms with E-state index in [0.29, 0.717) is 5.71 Å². The average molecular weight is 304 g/mol. The van der Waals surface area contributed by atoms with Crippen LogP contribution in [0.1, 0.15) is 33.3 Å². The summed E-state index contributed by atoms with van der Waals surface area (Å²) in [6.07, 6.45) is 3.13. The Morgan fingerprint density at radius 1 is 1.23 bits per heavy atom. The van der Waals surface area contributed by atoms with E-state index in [1.54, 1.807) is 14.0 Å². The molecular formula is C17H24N2O3. The van der Waals surface area contributed by atoms with Gasteiger partial charge in [0.15, 0.2) is 0 Å². The number of nitrogens with one attached hydrogen (secondary N) is 1. The van der Waals surface area contributed by atoms with Crippen molar-refractivity contribution in [2.75, 3.05) is 7.11 Å². The van der Waals surface area contributed by atoms with Crippen LogP contribution in [0.25, 0.3) is 6.08 Å². The van der Waals surface area contributed by atoms with Crippen molar-refractivity contribution in [2.24, 2.45) is 5.16 Å². The Balaban J connectivity index is 2.54. The van der Waals surface area contributed by atoms with Gasteiger partial charge >= 0.3 is 0 Å². The molecule has 0 bridgehead atoms. The van der Waals surface area contributed by atoms with E-state index in [1.807, 2.05) is 57.2 Å². The van der Waals surface area contributed by atoms with E-state index >= 15 is 0 Å². The van der Waals surface area contributed by atoms with E-state index in [-0.39, 0.29) is 11.9 Å². The Hall–Kier alpha value is -2.30. The number of rotatable bonds is 7. The number of carbonyl (C=O) groups excluding carboxylic acids is 1. The van der Waals surface area contributed by atoms with Gasteiger partial charge in [0.2, 0.25) is 6.10 Å². The van der Waals surface area contributed by atoms with Crippen molar-refractivity contribution in [3.63, 3.8) is 0 Å². The SMILES string of the molecule is COc1ccc(/C=C/C(C)=N/OC(C)C(=O)NC(C)C)cc1. The molecule has 0 aliphatic heterocycles. The van der Waals surface area contributed by atoms with Gasteiger partial charge in [-0.1, -0.05) is 23.4 Å². The quantitative estimate of drug-likeness (QED) is 0.622. The molecule has 0 fully saturated rings. The van der Waals surface area contributed by atoms with Gasteiger partial charge in [0, 0.05) is 6.04 Å². The molecule has 5 nitrogen and oxygen atoms in total. The number of ether oxygens (including phenoxy) is 1. The highest BCUT2D eigenvalue weighted by atomic mass is 16.6. The van der Waals surface area contributed by atoms with Crippen molar-refractivity contribution in [2.45, 2.75) is 39.8 Å². The van der Waals surface area contributed by atoms with Crippen LogP contribution in [-0.2, 0) is 9.63 Å². The van der Waals surface area contributed by atoms with Gasteiger partial charge in [-0.2, -0.15) is 0 Å². The van der Waals surface area contributed by atoms with Crippen molar-refractivity contribution in [3.8, 4) is 5.75 Å². The summed E-state index contributed by atoms with van der Waals surface area (Å²) in [4.78, 5) is 16.9. The molecule has 5 heteroatoms. The van der Waals surface area contributed by atoms with E-state index in [2.05, 4.69) is 10.5 Å². The monoisotopic (exact) mass is 304 g/mol. The molecule has 0 heterocycles. The first-order valence-corrected chi connectivity index (χ1v) is 7.25. The van der Waals surface area contributed by atoms with Gasteiger partial charge in [-0.3, -0.25) is 4.79 Å². The van der Waals surface area contributed by atoms with Crippen LogP contribution in [0.4, 0.5) is 0 Å². The predicted molar refractivity (Wildman–Crippen MR) is 89.0 cm³/mol. The minimum Gasteiger partial charge on any atom is -0.497 e. The van der Waals surface area contributed by atoms with Crippen molar-refractivity contribution in [1.82, 2.24) is 5.32 Å². The van der Waals surface area contributed by atoms with Gasteiger partial charge < -0.3 is 14.9 Å². The van der Waals surface area contributed by atoms with Gasteiger partial charge in [-0.05, 0) is 51.5 Å². The highest BCUT2D eigenvalue weighted by molar-refractivity contribution is 5.96. The van der Waals surface area contributed by atoms with Gasteiger partial charge in [0.25, 0.3) is 5.91 Å². The van der Waals surface area contributed by atoms with Crippen LogP contribution < -0.4 is 10.1 Å². The van der Waals surface area contributed by atoms with Crippen molar-refractivity contribution in [1.29, 1.82) is 0 Å². The maximum Gasteiger partial charge on any atom is 0.263 e. The Kier molecular flexibility index (Phi) is 7.16. The van der Waals surface area contributed by atoms with Gasteiger partial charge in [-0.15, -0.1) is 0 Å². The number of amides is 1. The smallest absolute Gasteiger partial charge is 0.263 e. The van der Waals surface area contributed by atoms with Crippen LogP contribution in [-0.4, -0.2) is 30.9 Å². The third-order valence-corrected chi connectivity index (χ3v) is 2.79. The third kappa shape index (κ3) is 6.43. The molecule has 0 saturated heterocycles. The molecule has 1 atom stereocenters. The lowest BCUT2D eigenvalue weighted by Crippen LogP contribution is -2.38. The second-order valence-electron chi connectivity index (χ2n) is 5.25. The third-order valence-electron chi connectivity index (χ3n) is 2.79. The van der Waals surface area contributed by atoms with Gasteiger partial charge in [0.1, 0.15) is 5.75 Å². The number of benzene rings is 1. The van der Waals surface area contributed by atoms with Gasteiger partial charge in [-0.25, -0.2) is 0 Å². The van der Waals surface area contributed by atoms with Crippen LogP contribution in [0, 0.1) is 0 Å². The molecule has 22 heavy (non-hydrogen) atoms. The summed E-state index contributed by atoms with van der Waals surface area (Å²) in [5.74, 6) is 0.640. The minimum atomic E-state index is -0.619. The van der Waals surface area contributed by atoms with Crippen LogP contribution in [0.5, 0.6) is 5.75 Å². The molecule has 0 saturated carbocycles. The predicted octanol–water partition coefficient (Wildman–Crippen LogP) is 3.01. The van der Waals surface area contributed by atoms with E-state index in [9.17, 15) is 4.79 Å². The van der Waals surface area contributed by atoms with E-state index in [1.165, 1.54) is 0 Å². The Morgan fingerprint density at radius 3 is 2.41 bits per heavy atom. The molecule has 0 aliphatic carbocycles. The maximum atomic E-state index is 11.7. The van der Waals surface area contributed by atoms with Crippen LogP contribution in [0.15, 0.2) is 35.5 Å². The number of methoxy groups -OCH3 is 1. The fraction of sp³-hybridized carbons (Fsp3) is 0.412. The number of carbonyl (C=O) groups is 1. The van der Waals surface area contributed by atoms with E-state index in [0.717, 1.165) is 11.3 Å². The van der Waals surface area contributed by atoms with Crippen molar-refractivity contribution in [3.05, 3.63) is 35.9 Å². The number of nitrogens with zero attached hydrogens (tertiary/aromatic N) is 1. The highest BCUT2D eigenvalue weighted by Crippen LogP contribution is 2.12. The fourth-order valence-corrected chi connectivity index (χ4v) is 1.57. The fourth-order valence-electron chi connectivity index (χ4n) is 1.57. The summed E-state index contributed by atoms with van der Waals surface area (Å²) in [5.41, 5.74) is 1.71. The standard InChI is InChI=1S/C17H24N2O3/c1-12(2)18-17(20)14(4)22-19-13(3)6-7-15-8-10-16(21-5)11-9-15/h6-12,14H,1-5H3,(H,18,20)/b7-6+,19-13+. The normalized spacial score (nSPS) is 13.3. The molecule has 0 aliphatic rings. The number of allylic oxidation sites excluding steroid dienone is 1. The molecule has 1 unspecified atom stereocenters. The second kappa shape index (κ2) is 8.87. The second-order valence-corrected chi connectivity index (χ2v) is 5.25. The Morgan fingerprint density at radius 2 is 1.86 bits per heavy atom. The molecule has 1 rings (SSSR count). The molecule has 1 N–H and O–H groups in total. The number of hydrogen-bond donors (Lipinski definition) is 1. The van der Waals surface area contributed by atoms with Crippen LogP contribution in [0.2, 0.25) is 0 Å². The summed E-state index contributed by atoms with van der Waals surface area (Å²) >= 11 is 0. The molecule has 0 radical (unpaired) electrons. The lowest BCUT2D eigenvalue weighted by molar-refractivity contribution is -0.132. The summed E-state index contributed by atoms with van der Waals surface area (Å²) in [7, 11) is 1.63. The van der Waals surface area contributed by atoms with E-state index < -0.39 is 6.10 Å². The molecule has 1 aromatic rings. The molecule has 120 valence electrons. The van der Waals surface area contributed by atoms with Crippen molar-refractivity contribution >= 4 is 17.7 Å². The molecular weight excluding hydrogens is 280 g/mol. The Bertz CT molecular complexity index is 533. The Labute approximate surface area is 132 Å². The molecule has 1 amide bonds. The first-order chi connectivity index (χ1) is 10.4. The zero-order chi connectivity index (χ0) is 16.5. The highest BCUT2D eigenvalue weighted by Gasteiger charge is 2.14. The minimum absolute atomic E-state index is 0.0820. The van der Waals surface area contributed by atoms with Crippen LogP contribution >= 0.6 is 0 Å². The largest absolute Gasteiger partial charge is 0.497 e. The van der Waals surface area contributed by atoms with Gasteiger partial charge in [0.05, 0.1) is 12.8 Å². The molecule has 1 aromatic carbocycles. The van der Waals surface area contributed by atoms with E-state index in [4.69, 9.17) is 9.57 Å². The summed E-state index contributed by atoms with van der Waals surface area (Å²) in [6.45, 7) is 7.28. The maximum absolute atomic E-state index is 11.7. The number of hydrogen-bond acceptors (Lipinski definition) is 4. The zero-order valence-corrected chi connectivity index (χ0v) is 13.8. The zero-order valence-electron chi connectivity index (χ0n) is 13.8. The first kappa shape index (κ1) is 17.8. The molecule has 0 spiro atoms. The average Bonchev–Trinajstić information content (AvgIpc) is 2.50. The topological polar surface area (TPSA) is 59.9 Å². The van der Waals surface area contributed by atoms with Crippen LogP contribution in [0.3, 0.4) is 0 Å². The summed E-state index contributed by atoms with van der Waals surface area (Å²) in [5, 5.41) is 6.72. The molecule has 0 aromatic heterocycles. The lowest BCUT2D eigenvalue weighted by Gasteiger charge is -2.12. The van der Waals surface area contributed by atoms with Crippen molar-refractivity contribution < 1.29 is 14.4 Å². The number of oxime groups is 1. The first-order valence-electron chi connectivity index (χ1n) is 7.25.